The summed E-state index contributed by atoms with van der Waals surface area (Å²) in [6.45, 7) is 2.26. The minimum Gasteiger partial charge on any atom is -0.472 e. The zero-order valence-corrected chi connectivity index (χ0v) is 14.8. The van der Waals surface area contributed by atoms with Crippen molar-refractivity contribution in [3.05, 3.63) is 24.2 Å². The maximum Gasteiger partial charge on any atom is 0.313 e. The summed E-state index contributed by atoms with van der Waals surface area (Å²) < 4.78 is 16.4. The van der Waals surface area contributed by atoms with Crippen molar-refractivity contribution >= 4 is 11.9 Å². The first kappa shape index (κ1) is 16.4. The van der Waals surface area contributed by atoms with Crippen LogP contribution in [0.15, 0.2) is 23.0 Å². The number of aliphatic hydroxyl groups is 1. The van der Waals surface area contributed by atoms with Crippen molar-refractivity contribution in [3.8, 4) is 0 Å². The van der Waals surface area contributed by atoms with Crippen LogP contribution in [-0.4, -0.2) is 29.8 Å². The summed E-state index contributed by atoms with van der Waals surface area (Å²) in [5.74, 6) is -0.805. The molecule has 2 spiro atoms. The lowest BCUT2D eigenvalue weighted by Crippen LogP contribution is -2.63. The van der Waals surface area contributed by atoms with Crippen molar-refractivity contribution < 1.29 is 28.6 Å². The summed E-state index contributed by atoms with van der Waals surface area (Å²) in [6.07, 6.45) is 5.77. The third-order valence-electron chi connectivity index (χ3n) is 7.80. The molecule has 26 heavy (non-hydrogen) atoms. The first-order chi connectivity index (χ1) is 12.5. The van der Waals surface area contributed by atoms with E-state index in [0.717, 1.165) is 24.8 Å². The highest BCUT2D eigenvalue weighted by Gasteiger charge is 2.72. The second kappa shape index (κ2) is 5.35. The van der Waals surface area contributed by atoms with Crippen LogP contribution in [0.3, 0.4) is 0 Å². The molecule has 0 unspecified atom stereocenters. The van der Waals surface area contributed by atoms with Gasteiger partial charge in [-0.05, 0) is 37.2 Å². The zero-order valence-electron chi connectivity index (χ0n) is 14.8. The number of furan rings is 1. The average Bonchev–Trinajstić information content (AvgIpc) is 3.33. The van der Waals surface area contributed by atoms with E-state index in [0.29, 0.717) is 12.8 Å². The topological polar surface area (TPSA) is 86.0 Å². The maximum absolute atomic E-state index is 13.2. The van der Waals surface area contributed by atoms with Gasteiger partial charge in [-0.15, -0.1) is 0 Å². The second-order valence-corrected chi connectivity index (χ2v) is 8.60. The van der Waals surface area contributed by atoms with E-state index in [-0.39, 0.29) is 42.4 Å². The monoisotopic (exact) mass is 360 g/mol. The van der Waals surface area contributed by atoms with Crippen LogP contribution in [0.4, 0.5) is 0 Å². The van der Waals surface area contributed by atoms with Crippen LogP contribution >= 0.6 is 0 Å². The van der Waals surface area contributed by atoms with Gasteiger partial charge in [0.1, 0.15) is 12.7 Å². The molecule has 4 fully saturated rings. The van der Waals surface area contributed by atoms with E-state index >= 15 is 0 Å². The predicted molar refractivity (Wildman–Crippen MR) is 88.6 cm³/mol. The van der Waals surface area contributed by atoms with Gasteiger partial charge in [-0.3, -0.25) is 9.59 Å². The second-order valence-electron chi connectivity index (χ2n) is 8.60. The number of hydrogen-bond acceptors (Lipinski definition) is 6. The van der Waals surface area contributed by atoms with Gasteiger partial charge in [-0.25, -0.2) is 0 Å². The summed E-state index contributed by atoms with van der Waals surface area (Å²) in [4.78, 5) is 25.6. The van der Waals surface area contributed by atoms with Crippen LogP contribution < -0.4 is 0 Å². The minimum atomic E-state index is -0.673. The van der Waals surface area contributed by atoms with Crippen LogP contribution in [-0.2, 0) is 19.1 Å². The van der Waals surface area contributed by atoms with Crippen molar-refractivity contribution in [1.29, 1.82) is 0 Å². The van der Waals surface area contributed by atoms with Gasteiger partial charge in [0.2, 0.25) is 0 Å². The molecule has 140 valence electrons. The van der Waals surface area contributed by atoms with Crippen molar-refractivity contribution in [2.75, 3.05) is 6.61 Å². The molecule has 3 heterocycles. The summed E-state index contributed by atoms with van der Waals surface area (Å²) in [5.41, 5.74) is -0.450. The summed E-state index contributed by atoms with van der Waals surface area (Å²) in [6, 6.07) is 1.83. The molecule has 6 nitrogen and oxygen atoms in total. The molecule has 5 rings (SSSR count). The average molecular weight is 360 g/mol. The molecule has 0 radical (unpaired) electrons. The molecular weight excluding hydrogens is 336 g/mol. The molecule has 2 saturated carbocycles. The van der Waals surface area contributed by atoms with Crippen LogP contribution in [0.25, 0.3) is 0 Å². The summed E-state index contributed by atoms with van der Waals surface area (Å²) >= 11 is 0. The highest BCUT2D eigenvalue weighted by Crippen LogP contribution is 2.68. The summed E-state index contributed by atoms with van der Waals surface area (Å²) in [5, 5.41) is 11.0. The standard InChI is InChI=1S/C20H24O6/c1-11-7-16(21)20-10-25-17(22)13(20)3-2-4-15(20)19(11)8-14(26-18(19)23)12-5-6-24-9-12/h5-6,9,11,13-16,21H,2-4,7-8,10H2,1H3/t11-,13-,14-,15-,16-,19-,20-/m0/s1. The van der Waals surface area contributed by atoms with E-state index in [2.05, 4.69) is 0 Å². The lowest BCUT2D eigenvalue weighted by Gasteiger charge is -2.58. The van der Waals surface area contributed by atoms with E-state index in [1.807, 2.05) is 13.0 Å². The van der Waals surface area contributed by atoms with E-state index in [1.165, 1.54) is 0 Å². The fourth-order valence-corrected chi connectivity index (χ4v) is 6.55. The van der Waals surface area contributed by atoms with Gasteiger partial charge in [0.05, 0.1) is 30.0 Å². The Labute approximate surface area is 151 Å². The van der Waals surface area contributed by atoms with Gasteiger partial charge in [0, 0.05) is 17.4 Å². The Bertz CT molecular complexity index is 741. The van der Waals surface area contributed by atoms with E-state index < -0.39 is 16.9 Å². The smallest absolute Gasteiger partial charge is 0.313 e. The van der Waals surface area contributed by atoms with Crippen molar-refractivity contribution in [2.24, 2.45) is 28.6 Å². The van der Waals surface area contributed by atoms with E-state index in [1.54, 1.807) is 12.5 Å². The van der Waals surface area contributed by atoms with Crippen molar-refractivity contribution in [1.82, 2.24) is 0 Å². The highest BCUT2D eigenvalue weighted by molar-refractivity contribution is 5.82. The Morgan fingerprint density at radius 3 is 2.88 bits per heavy atom. The molecule has 6 heteroatoms. The number of aliphatic hydroxyl groups excluding tert-OH is 1. The number of rotatable bonds is 1. The first-order valence-electron chi connectivity index (χ1n) is 9.58. The maximum atomic E-state index is 13.2. The Morgan fingerprint density at radius 1 is 1.27 bits per heavy atom. The number of cyclic esters (lactones) is 2. The zero-order chi connectivity index (χ0) is 18.1. The van der Waals surface area contributed by atoms with Crippen LogP contribution in [0.2, 0.25) is 0 Å². The molecule has 7 atom stereocenters. The van der Waals surface area contributed by atoms with Crippen molar-refractivity contribution in [2.45, 2.75) is 51.2 Å². The number of hydrogen-bond donors (Lipinski definition) is 1. The molecule has 0 aromatic carbocycles. The predicted octanol–water partition coefficient (Wildman–Crippen LogP) is 2.61. The molecule has 1 N–H and O–H groups in total. The molecule has 4 aliphatic rings. The molecule has 0 bridgehead atoms. The quantitative estimate of drug-likeness (QED) is 0.775. The number of fused-ring (bicyclic) bond motifs is 1. The van der Waals surface area contributed by atoms with Gasteiger partial charge < -0.3 is 19.0 Å². The van der Waals surface area contributed by atoms with Gasteiger partial charge in [-0.2, -0.15) is 0 Å². The SMILES string of the molecule is C[C@H]1C[C@H](O)[C@@]23COC(=O)[C@@H]2CCC[C@H]3[C@]12C[C@@H](c1ccoc1)OC2=O. The lowest BCUT2D eigenvalue weighted by molar-refractivity contribution is -0.191. The van der Waals surface area contributed by atoms with Crippen LogP contribution in [0.1, 0.15) is 50.7 Å². The third-order valence-corrected chi connectivity index (χ3v) is 7.80. The number of carbonyl (C=O) groups excluding carboxylic acids is 2. The molecule has 1 aromatic heterocycles. The van der Waals surface area contributed by atoms with Gasteiger partial charge in [0.25, 0.3) is 0 Å². The van der Waals surface area contributed by atoms with Crippen LogP contribution in [0, 0.1) is 28.6 Å². The van der Waals surface area contributed by atoms with Gasteiger partial charge >= 0.3 is 11.9 Å². The number of ether oxygens (including phenoxy) is 2. The summed E-state index contributed by atoms with van der Waals surface area (Å²) in [7, 11) is 0. The Kier molecular flexibility index (Phi) is 3.36. The van der Waals surface area contributed by atoms with E-state index in [9.17, 15) is 14.7 Å². The molecule has 2 aliphatic carbocycles. The van der Waals surface area contributed by atoms with Gasteiger partial charge in [-0.1, -0.05) is 13.3 Å². The van der Waals surface area contributed by atoms with E-state index in [4.69, 9.17) is 13.9 Å². The highest BCUT2D eigenvalue weighted by atomic mass is 16.6. The third kappa shape index (κ3) is 1.81. The largest absolute Gasteiger partial charge is 0.472 e. The molecule has 1 aromatic rings. The molecule has 0 amide bonds. The van der Waals surface area contributed by atoms with Gasteiger partial charge in [0.15, 0.2) is 0 Å². The molecular formula is C20H24O6. The lowest BCUT2D eigenvalue weighted by atomic mass is 9.43. The number of carbonyl (C=O) groups is 2. The first-order valence-corrected chi connectivity index (χ1v) is 9.58. The Hall–Kier alpha value is -1.82. The fraction of sp³-hybridized carbons (Fsp3) is 0.700. The Morgan fingerprint density at radius 2 is 2.12 bits per heavy atom. The Balaban J connectivity index is 1.60. The number of esters is 2. The molecule has 2 saturated heterocycles. The van der Waals surface area contributed by atoms with Crippen LogP contribution in [0.5, 0.6) is 0 Å². The van der Waals surface area contributed by atoms with Crippen molar-refractivity contribution in [3.63, 3.8) is 0 Å². The fourth-order valence-electron chi connectivity index (χ4n) is 6.55. The minimum absolute atomic E-state index is 0.00743. The normalized spacial score (nSPS) is 47.4. The molecule has 2 aliphatic heterocycles.